The van der Waals surface area contributed by atoms with Gasteiger partial charge in [-0.25, -0.2) is 9.59 Å². The molecule has 0 aromatic heterocycles. The Bertz CT molecular complexity index is 597. The Morgan fingerprint density at radius 3 is 2.16 bits per heavy atom. The van der Waals surface area contributed by atoms with Gasteiger partial charge in [0, 0.05) is 6.42 Å². The number of nitrogens with one attached hydrogen (secondary N) is 2. The van der Waals surface area contributed by atoms with Crippen LogP contribution in [0.5, 0.6) is 0 Å². The maximum absolute atomic E-state index is 12.2. The van der Waals surface area contributed by atoms with E-state index in [-0.39, 0.29) is 6.42 Å². The van der Waals surface area contributed by atoms with Crippen LogP contribution in [0.15, 0.2) is 30.3 Å². The number of carboxylic acids is 1. The Morgan fingerprint density at radius 2 is 1.68 bits per heavy atom. The van der Waals surface area contributed by atoms with Crippen LogP contribution >= 0.6 is 0 Å². The van der Waals surface area contributed by atoms with Crippen molar-refractivity contribution in [2.45, 2.75) is 44.9 Å². The smallest absolute Gasteiger partial charge is 0.408 e. The average molecular weight is 352 g/mol. The Balaban J connectivity index is 2.70. The van der Waals surface area contributed by atoms with Crippen molar-refractivity contribution < 1.29 is 29.3 Å². The first-order chi connectivity index (χ1) is 11.6. The third-order valence-corrected chi connectivity index (χ3v) is 3.09. The summed E-state index contributed by atoms with van der Waals surface area (Å²) in [5.41, 5.74) is -0.0341. The Morgan fingerprint density at radius 1 is 1.08 bits per heavy atom. The van der Waals surface area contributed by atoms with E-state index in [1.807, 2.05) is 0 Å². The summed E-state index contributed by atoms with van der Waals surface area (Å²) in [7, 11) is 0. The van der Waals surface area contributed by atoms with Gasteiger partial charge in [-0.05, 0) is 26.3 Å². The minimum Gasteiger partial charge on any atom is -0.480 e. The zero-order valence-corrected chi connectivity index (χ0v) is 14.5. The van der Waals surface area contributed by atoms with Crippen molar-refractivity contribution in [3.63, 3.8) is 0 Å². The van der Waals surface area contributed by atoms with Crippen molar-refractivity contribution in [1.82, 2.24) is 10.6 Å². The number of carboxylic acid groups (broad SMARTS) is 1. The van der Waals surface area contributed by atoms with Gasteiger partial charge in [0.1, 0.15) is 17.7 Å². The second kappa shape index (κ2) is 9.03. The van der Waals surface area contributed by atoms with E-state index < -0.39 is 42.3 Å². The molecule has 0 radical (unpaired) electrons. The number of hydrogen-bond acceptors (Lipinski definition) is 5. The molecule has 0 bridgehead atoms. The molecule has 0 aliphatic rings. The Hall–Kier alpha value is -2.61. The monoisotopic (exact) mass is 352 g/mol. The number of amides is 2. The van der Waals surface area contributed by atoms with Crippen molar-refractivity contribution in [3.05, 3.63) is 35.9 Å². The topological polar surface area (TPSA) is 125 Å². The second-order valence-corrected chi connectivity index (χ2v) is 6.47. The number of ether oxygens (including phenoxy) is 1. The zero-order chi connectivity index (χ0) is 19.0. The third kappa shape index (κ3) is 7.67. The van der Waals surface area contributed by atoms with Crippen molar-refractivity contribution >= 4 is 18.0 Å². The number of aliphatic carboxylic acids is 1. The number of carbonyl (C=O) groups is 3. The zero-order valence-electron chi connectivity index (χ0n) is 14.5. The molecule has 1 aromatic rings. The van der Waals surface area contributed by atoms with E-state index in [2.05, 4.69) is 10.6 Å². The van der Waals surface area contributed by atoms with E-state index in [9.17, 15) is 24.6 Å². The lowest BCUT2D eigenvalue weighted by molar-refractivity contribution is -0.142. The van der Waals surface area contributed by atoms with Gasteiger partial charge in [0.2, 0.25) is 5.91 Å². The van der Waals surface area contributed by atoms with Crippen LogP contribution < -0.4 is 10.6 Å². The molecule has 0 saturated heterocycles. The maximum atomic E-state index is 12.2. The number of benzene rings is 1. The highest BCUT2D eigenvalue weighted by molar-refractivity contribution is 5.89. The molecule has 0 aliphatic carbocycles. The maximum Gasteiger partial charge on any atom is 0.408 e. The van der Waals surface area contributed by atoms with Crippen molar-refractivity contribution in [1.29, 1.82) is 0 Å². The lowest BCUT2D eigenvalue weighted by Crippen LogP contribution is -2.54. The first-order valence-electron chi connectivity index (χ1n) is 7.80. The van der Waals surface area contributed by atoms with Gasteiger partial charge < -0.3 is 25.6 Å². The molecular weight excluding hydrogens is 328 g/mol. The van der Waals surface area contributed by atoms with E-state index in [0.29, 0.717) is 0 Å². The molecule has 0 spiro atoms. The second-order valence-electron chi connectivity index (χ2n) is 6.47. The van der Waals surface area contributed by atoms with Crippen LogP contribution in [0.1, 0.15) is 26.3 Å². The van der Waals surface area contributed by atoms with E-state index in [1.54, 1.807) is 51.1 Å². The van der Waals surface area contributed by atoms with Crippen molar-refractivity contribution in [2.75, 3.05) is 6.61 Å². The lowest BCUT2D eigenvalue weighted by Gasteiger charge is -2.23. The van der Waals surface area contributed by atoms with Gasteiger partial charge in [-0.2, -0.15) is 0 Å². The van der Waals surface area contributed by atoms with Crippen LogP contribution in [0.25, 0.3) is 0 Å². The molecule has 0 heterocycles. The molecule has 2 atom stereocenters. The van der Waals surface area contributed by atoms with Crippen LogP contribution in [-0.4, -0.2) is 52.5 Å². The number of aliphatic hydroxyl groups is 1. The quantitative estimate of drug-likeness (QED) is 0.572. The summed E-state index contributed by atoms with van der Waals surface area (Å²) in [5.74, 6) is -2.03. The fourth-order valence-corrected chi connectivity index (χ4v) is 1.97. The molecular formula is C17H24N2O6. The van der Waals surface area contributed by atoms with Gasteiger partial charge in [-0.3, -0.25) is 4.79 Å². The SMILES string of the molecule is CC(C)(C)OC(=O)N[C@@H](CO)C(=O)N[C@@H](Cc1ccccc1)C(=O)O. The van der Waals surface area contributed by atoms with Crippen LogP contribution in [0.2, 0.25) is 0 Å². The summed E-state index contributed by atoms with van der Waals surface area (Å²) >= 11 is 0. The van der Waals surface area contributed by atoms with E-state index in [1.165, 1.54) is 0 Å². The molecule has 4 N–H and O–H groups in total. The molecule has 0 aliphatic heterocycles. The summed E-state index contributed by atoms with van der Waals surface area (Å²) < 4.78 is 5.01. The average Bonchev–Trinajstić information content (AvgIpc) is 2.51. The fourth-order valence-electron chi connectivity index (χ4n) is 1.97. The normalized spacial score (nSPS) is 13.4. The fraction of sp³-hybridized carbons (Fsp3) is 0.471. The minimum atomic E-state index is -1.31. The highest BCUT2D eigenvalue weighted by Gasteiger charge is 2.27. The molecule has 8 nitrogen and oxygen atoms in total. The number of aliphatic hydroxyl groups excluding tert-OH is 1. The molecule has 8 heteroatoms. The molecule has 2 amide bonds. The van der Waals surface area contributed by atoms with Crippen molar-refractivity contribution in [2.24, 2.45) is 0 Å². The summed E-state index contributed by atoms with van der Waals surface area (Å²) in [6.45, 7) is 4.27. The van der Waals surface area contributed by atoms with E-state index >= 15 is 0 Å². The van der Waals surface area contributed by atoms with Gasteiger partial charge in [0.05, 0.1) is 6.61 Å². The summed E-state index contributed by atoms with van der Waals surface area (Å²) in [6, 6.07) is 6.30. The van der Waals surface area contributed by atoms with Crippen LogP contribution in [0.3, 0.4) is 0 Å². The molecule has 138 valence electrons. The van der Waals surface area contributed by atoms with Gasteiger partial charge in [0.15, 0.2) is 0 Å². The molecule has 0 fully saturated rings. The summed E-state index contributed by atoms with van der Waals surface area (Å²) in [6.07, 6.45) is -0.802. The standard InChI is InChI=1S/C17H24N2O6/c1-17(2,3)25-16(24)19-13(10-20)14(21)18-12(15(22)23)9-11-7-5-4-6-8-11/h4-8,12-13,20H,9-10H2,1-3H3,(H,18,21)(H,19,24)(H,22,23)/t12-,13-/m0/s1. The highest BCUT2D eigenvalue weighted by atomic mass is 16.6. The van der Waals surface area contributed by atoms with E-state index in [0.717, 1.165) is 5.56 Å². The van der Waals surface area contributed by atoms with Crippen LogP contribution in [-0.2, 0) is 20.7 Å². The summed E-state index contributed by atoms with van der Waals surface area (Å²) in [4.78, 5) is 35.2. The third-order valence-electron chi connectivity index (χ3n) is 3.09. The summed E-state index contributed by atoms with van der Waals surface area (Å²) in [5, 5.41) is 23.1. The lowest BCUT2D eigenvalue weighted by atomic mass is 10.1. The largest absolute Gasteiger partial charge is 0.480 e. The number of carbonyl (C=O) groups excluding carboxylic acids is 2. The molecule has 25 heavy (non-hydrogen) atoms. The first kappa shape index (κ1) is 20.4. The van der Waals surface area contributed by atoms with Crippen molar-refractivity contribution in [3.8, 4) is 0 Å². The predicted molar refractivity (Wildman–Crippen MR) is 90.0 cm³/mol. The highest BCUT2D eigenvalue weighted by Crippen LogP contribution is 2.07. The van der Waals surface area contributed by atoms with Gasteiger partial charge in [-0.15, -0.1) is 0 Å². The van der Waals surface area contributed by atoms with Crippen LogP contribution in [0, 0.1) is 0 Å². The molecule has 0 unspecified atom stereocenters. The minimum absolute atomic E-state index is 0.0759. The van der Waals surface area contributed by atoms with Gasteiger partial charge in [0.25, 0.3) is 0 Å². The Labute approximate surface area is 146 Å². The molecule has 1 rings (SSSR count). The van der Waals surface area contributed by atoms with Gasteiger partial charge in [-0.1, -0.05) is 30.3 Å². The Kier molecular flexibility index (Phi) is 7.38. The predicted octanol–water partition coefficient (Wildman–Crippen LogP) is 0.684. The number of alkyl carbamates (subject to hydrolysis) is 1. The molecule has 0 saturated carbocycles. The van der Waals surface area contributed by atoms with Gasteiger partial charge >= 0.3 is 12.1 Å². The van der Waals surface area contributed by atoms with Crippen LogP contribution in [0.4, 0.5) is 4.79 Å². The molecule has 1 aromatic carbocycles. The van der Waals surface area contributed by atoms with E-state index in [4.69, 9.17) is 4.74 Å². The number of rotatable bonds is 7. The first-order valence-corrected chi connectivity index (χ1v) is 7.80. The number of hydrogen-bond donors (Lipinski definition) is 4.